The molecule has 2 aromatic heterocycles. The maximum atomic E-state index is 13.8. The number of piperazine rings is 1. The second-order valence-electron chi connectivity index (χ2n) is 12.0. The van der Waals surface area contributed by atoms with Gasteiger partial charge in [0.25, 0.3) is 11.8 Å². The number of nitrogens with zero attached hydrogens (tertiary/aromatic N) is 2. The van der Waals surface area contributed by atoms with Crippen LogP contribution in [0.2, 0.25) is 5.02 Å². The summed E-state index contributed by atoms with van der Waals surface area (Å²) in [6, 6.07) is 14.3. The Hall–Kier alpha value is -3.78. The van der Waals surface area contributed by atoms with E-state index in [1.807, 2.05) is 67.8 Å². The highest BCUT2D eigenvalue weighted by atomic mass is 35.5. The lowest BCUT2D eigenvalue weighted by molar-refractivity contribution is -0.138. The molecule has 6 rings (SSSR count). The first-order chi connectivity index (χ1) is 18.5. The van der Waals surface area contributed by atoms with E-state index in [1.54, 1.807) is 18.2 Å². The number of likely N-dealkylation sites (tertiary alicyclic amines) is 2. The van der Waals surface area contributed by atoms with Crippen LogP contribution in [0.25, 0.3) is 21.8 Å². The molecule has 4 aromatic rings. The summed E-state index contributed by atoms with van der Waals surface area (Å²) < 4.78 is 0. The summed E-state index contributed by atoms with van der Waals surface area (Å²) in [4.78, 5) is 50.5. The van der Waals surface area contributed by atoms with Crippen LogP contribution in [0.1, 0.15) is 53.7 Å². The topological polar surface area (TPSA) is 101 Å². The highest BCUT2D eigenvalue weighted by molar-refractivity contribution is 6.31. The van der Waals surface area contributed by atoms with Crippen LogP contribution in [0.3, 0.4) is 0 Å². The Bertz CT molecular complexity index is 1630. The molecule has 0 radical (unpaired) electrons. The molecule has 3 amide bonds. The van der Waals surface area contributed by atoms with Crippen LogP contribution in [-0.2, 0) is 4.79 Å². The van der Waals surface area contributed by atoms with Gasteiger partial charge >= 0.3 is 0 Å². The zero-order valence-electron chi connectivity index (χ0n) is 22.5. The predicted octanol–water partition coefficient (Wildman–Crippen LogP) is 4.88. The monoisotopic (exact) mass is 545 g/mol. The minimum Gasteiger partial charge on any atom is -0.351 e. The largest absolute Gasteiger partial charge is 0.351 e. The molecule has 9 heteroatoms. The van der Waals surface area contributed by atoms with E-state index in [-0.39, 0.29) is 29.8 Å². The number of aryl methyl sites for hydroxylation is 1. The van der Waals surface area contributed by atoms with Crippen molar-refractivity contribution in [1.29, 1.82) is 0 Å². The Morgan fingerprint density at radius 2 is 1.51 bits per heavy atom. The minimum absolute atomic E-state index is 0.0389. The number of hydrogen-bond donors (Lipinski definition) is 3. The molecule has 3 atom stereocenters. The predicted molar refractivity (Wildman–Crippen MR) is 152 cm³/mol. The first-order valence-corrected chi connectivity index (χ1v) is 13.7. The van der Waals surface area contributed by atoms with Gasteiger partial charge in [0, 0.05) is 39.9 Å². The van der Waals surface area contributed by atoms with Gasteiger partial charge in [-0.1, -0.05) is 50.6 Å². The number of hydrogen-bond acceptors (Lipinski definition) is 3. The van der Waals surface area contributed by atoms with Gasteiger partial charge < -0.3 is 25.1 Å². The molecule has 0 aliphatic carbocycles. The molecule has 2 saturated heterocycles. The van der Waals surface area contributed by atoms with Gasteiger partial charge in [-0.25, -0.2) is 0 Å². The van der Waals surface area contributed by atoms with Crippen LogP contribution in [0.15, 0.2) is 48.5 Å². The van der Waals surface area contributed by atoms with Crippen molar-refractivity contribution in [1.82, 2.24) is 25.1 Å². The van der Waals surface area contributed by atoms with Crippen molar-refractivity contribution < 1.29 is 14.4 Å². The molecule has 0 saturated carbocycles. The number of carbonyl (C=O) groups is 3. The molecule has 4 heterocycles. The van der Waals surface area contributed by atoms with E-state index < -0.39 is 11.5 Å². The summed E-state index contributed by atoms with van der Waals surface area (Å²) in [7, 11) is 0. The Kier molecular flexibility index (Phi) is 5.99. The van der Waals surface area contributed by atoms with Gasteiger partial charge in [-0.05, 0) is 54.7 Å². The molecule has 2 aliphatic rings. The number of fused-ring (bicyclic) bond motifs is 4. The lowest BCUT2D eigenvalue weighted by atomic mass is 9.85. The molecule has 0 spiro atoms. The average Bonchev–Trinajstić information content (AvgIpc) is 3.66. The van der Waals surface area contributed by atoms with E-state index in [0.29, 0.717) is 29.5 Å². The van der Waals surface area contributed by atoms with E-state index >= 15 is 0 Å². The van der Waals surface area contributed by atoms with Crippen molar-refractivity contribution in [3.63, 3.8) is 0 Å². The normalized spacial score (nSPS) is 19.7. The molecule has 202 valence electrons. The SMILES string of the molecule is Cc1ccc2cc(C(=O)N3C[C@@H]4C[C@H]3CN4C(=O)[C@@H](NC(=O)c3cc4ccc(Cl)cc4[nH]3)C(C)(C)C)[nH]c2c1. The van der Waals surface area contributed by atoms with Gasteiger partial charge in [-0.3, -0.25) is 14.4 Å². The van der Waals surface area contributed by atoms with Crippen molar-refractivity contribution in [2.24, 2.45) is 5.41 Å². The third kappa shape index (κ3) is 4.56. The van der Waals surface area contributed by atoms with Crippen LogP contribution in [-0.4, -0.2) is 68.7 Å². The Balaban J connectivity index is 1.16. The third-order valence-corrected chi connectivity index (χ3v) is 8.25. The van der Waals surface area contributed by atoms with E-state index in [9.17, 15) is 14.4 Å². The summed E-state index contributed by atoms with van der Waals surface area (Å²) in [5.41, 5.74) is 3.27. The van der Waals surface area contributed by atoms with Crippen LogP contribution < -0.4 is 5.32 Å². The number of benzene rings is 2. The maximum absolute atomic E-state index is 13.8. The molecule has 2 fully saturated rings. The summed E-state index contributed by atoms with van der Waals surface area (Å²) in [5, 5.41) is 5.44. The maximum Gasteiger partial charge on any atom is 0.270 e. The van der Waals surface area contributed by atoms with Gasteiger partial charge in [-0.15, -0.1) is 0 Å². The number of rotatable bonds is 4. The van der Waals surface area contributed by atoms with Gasteiger partial charge in [0.1, 0.15) is 17.4 Å². The van der Waals surface area contributed by atoms with Crippen LogP contribution in [0.5, 0.6) is 0 Å². The third-order valence-electron chi connectivity index (χ3n) is 8.01. The Morgan fingerprint density at radius 3 is 2.21 bits per heavy atom. The molecule has 2 aromatic carbocycles. The number of nitrogens with one attached hydrogen (secondary N) is 3. The molecule has 8 nitrogen and oxygen atoms in total. The second-order valence-corrected chi connectivity index (χ2v) is 12.4. The highest BCUT2D eigenvalue weighted by Gasteiger charge is 2.50. The van der Waals surface area contributed by atoms with Crippen LogP contribution >= 0.6 is 11.6 Å². The summed E-state index contributed by atoms with van der Waals surface area (Å²) in [5.74, 6) is -0.496. The number of aromatic nitrogens is 2. The number of carbonyl (C=O) groups excluding carboxylic acids is 3. The van der Waals surface area contributed by atoms with Crippen LogP contribution in [0.4, 0.5) is 0 Å². The molecular weight excluding hydrogens is 514 g/mol. The average molecular weight is 546 g/mol. The Labute approximate surface area is 231 Å². The molecule has 3 N–H and O–H groups in total. The van der Waals surface area contributed by atoms with Crippen molar-refractivity contribution in [3.05, 3.63) is 70.5 Å². The fraction of sp³-hybridized carbons (Fsp3) is 0.367. The van der Waals surface area contributed by atoms with E-state index in [4.69, 9.17) is 11.6 Å². The number of halogens is 1. The minimum atomic E-state index is -0.722. The van der Waals surface area contributed by atoms with Crippen molar-refractivity contribution in [3.8, 4) is 0 Å². The van der Waals surface area contributed by atoms with Gasteiger partial charge in [0.15, 0.2) is 0 Å². The van der Waals surface area contributed by atoms with Crippen LogP contribution in [0, 0.1) is 12.3 Å². The van der Waals surface area contributed by atoms with Crippen molar-refractivity contribution in [2.45, 2.75) is 52.2 Å². The molecule has 2 bridgehead atoms. The number of aromatic amines is 2. The van der Waals surface area contributed by atoms with Crippen molar-refractivity contribution in [2.75, 3.05) is 13.1 Å². The summed E-state index contributed by atoms with van der Waals surface area (Å²) in [6.45, 7) is 8.81. The number of amides is 3. The smallest absolute Gasteiger partial charge is 0.270 e. The fourth-order valence-corrected chi connectivity index (χ4v) is 6.11. The standard InChI is InChI=1S/C30H32ClN5O3/c1-16-5-6-17-11-25(33-22(17)9-16)28(38)35-14-21-13-20(35)15-36(21)29(39)26(30(2,3)4)34-27(37)24-10-18-7-8-19(31)12-23(18)32-24/h5-12,20-21,26,32-33H,13-15H2,1-4H3,(H,34,37)/t20-,21-,26+/m0/s1. The van der Waals surface area contributed by atoms with Crippen molar-refractivity contribution >= 4 is 51.1 Å². The molecule has 2 aliphatic heterocycles. The first-order valence-electron chi connectivity index (χ1n) is 13.3. The summed E-state index contributed by atoms with van der Waals surface area (Å²) >= 11 is 6.09. The zero-order chi connectivity index (χ0) is 27.6. The molecule has 0 unspecified atom stereocenters. The quantitative estimate of drug-likeness (QED) is 0.340. The van der Waals surface area contributed by atoms with Gasteiger partial charge in [-0.2, -0.15) is 0 Å². The molecule has 39 heavy (non-hydrogen) atoms. The van der Waals surface area contributed by atoms with Gasteiger partial charge in [0.05, 0.1) is 12.1 Å². The van der Waals surface area contributed by atoms with E-state index in [2.05, 4.69) is 15.3 Å². The first kappa shape index (κ1) is 25.5. The summed E-state index contributed by atoms with van der Waals surface area (Å²) in [6.07, 6.45) is 0.740. The number of H-pyrrole nitrogens is 2. The second kappa shape index (κ2) is 9.16. The zero-order valence-corrected chi connectivity index (χ0v) is 23.2. The molecular formula is C30H32ClN5O3. The lowest BCUT2D eigenvalue weighted by Gasteiger charge is -2.39. The van der Waals surface area contributed by atoms with E-state index in [0.717, 1.165) is 33.8 Å². The lowest BCUT2D eigenvalue weighted by Crippen LogP contribution is -2.59. The Morgan fingerprint density at radius 1 is 0.897 bits per heavy atom. The highest BCUT2D eigenvalue weighted by Crippen LogP contribution is 2.34. The van der Waals surface area contributed by atoms with Gasteiger partial charge in [0.2, 0.25) is 5.91 Å². The fourth-order valence-electron chi connectivity index (χ4n) is 5.94. The van der Waals surface area contributed by atoms with E-state index in [1.165, 1.54) is 0 Å².